The van der Waals surface area contributed by atoms with Crippen LogP contribution in [-0.4, -0.2) is 18.5 Å². The Morgan fingerprint density at radius 1 is 1.35 bits per heavy atom. The third kappa shape index (κ3) is 6.21. The summed E-state index contributed by atoms with van der Waals surface area (Å²) in [6.45, 7) is 5.16. The van der Waals surface area contributed by atoms with E-state index >= 15 is 0 Å². The summed E-state index contributed by atoms with van der Waals surface area (Å²) in [5, 5.41) is 0. The minimum atomic E-state index is 0.308. The van der Waals surface area contributed by atoms with Crippen molar-refractivity contribution in [2.45, 2.75) is 77.7 Å². The number of unbranched alkanes of at least 4 members (excludes halogenated alkanes) is 3. The Labute approximate surface area is 106 Å². The second-order valence-corrected chi connectivity index (χ2v) is 5.37. The van der Waals surface area contributed by atoms with E-state index in [0.29, 0.717) is 17.8 Å². The quantitative estimate of drug-likeness (QED) is 0.567. The number of hydrogen-bond donors (Lipinski definition) is 0. The van der Waals surface area contributed by atoms with Gasteiger partial charge in [0.1, 0.15) is 5.78 Å². The van der Waals surface area contributed by atoms with E-state index in [0.717, 1.165) is 32.3 Å². The summed E-state index contributed by atoms with van der Waals surface area (Å²) in [6.07, 6.45) is 10.7. The van der Waals surface area contributed by atoms with E-state index < -0.39 is 0 Å². The number of carbonyl (C=O) groups is 1. The van der Waals surface area contributed by atoms with Gasteiger partial charge in [0.05, 0.1) is 6.10 Å². The summed E-state index contributed by atoms with van der Waals surface area (Å²) in [5.41, 5.74) is 0. The topological polar surface area (TPSA) is 26.3 Å². The van der Waals surface area contributed by atoms with Crippen molar-refractivity contribution < 1.29 is 9.53 Å². The highest BCUT2D eigenvalue weighted by Crippen LogP contribution is 2.24. The molecule has 1 fully saturated rings. The third-order valence-electron chi connectivity index (χ3n) is 3.76. The van der Waals surface area contributed by atoms with Crippen LogP contribution in [0, 0.1) is 5.92 Å². The molecule has 0 aromatic rings. The number of ether oxygens (including phenoxy) is 1. The van der Waals surface area contributed by atoms with Crippen molar-refractivity contribution in [3.8, 4) is 0 Å². The predicted octanol–water partition coefficient (Wildman–Crippen LogP) is 4.12. The van der Waals surface area contributed by atoms with Crippen molar-refractivity contribution in [1.29, 1.82) is 0 Å². The molecule has 100 valence electrons. The monoisotopic (exact) mass is 240 g/mol. The molecule has 0 aromatic carbocycles. The Bertz CT molecular complexity index is 213. The summed E-state index contributed by atoms with van der Waals surface area (Å²) < 4.78 is 5.78. The fourth-order valence-electron chi connectivity index (χ4n) is 2.55. The molecule has 1 saturated carbocycles. The average Bonchev–Trinajstić information content (AvgIpc) is 2.71. The molecule has 0 bridgehead atoms. The Balaban J connectivity index is 1.96. The van der Waals surface area contributed by atoms with Crippen molar-refractivity contribution >= 4 is 5.78 Å². The van der Waals surface area contributed by atoms with Crippen LogP contribution in [0.2, 0.25) is 0 Å². The fourth-order valence-corrected chi connectivity index (χ4v) is 2.55. The Morgan fingerprint density at radius 3 is 2.82 bits per heavy atom. The first kappa shape index (κ1) is 14.7. The largest absolute Gasteiger partial charge is 0.378 e. The van der Waals surface area contributed by atoms with Crippen molar-refractivity contribution in [3.05, 3.63) is 0 Å². The summed E-state index contributed by atoms with van der Waals surface area (Å²) in [5.74, 6) is 0.770. The van der Waals surface area contributed by atoms with Crippen molar-refractivity contribution in [2.24, 2.45) is 5.92 Å². The molecule has 1 aliphatic rings. The SMILES string of the molecule is CCCCCCC(C)OCCC1CCCC1=O. The smallest absolute Gasteiger partial charge is 0.136 e. The van der Waals surface area contributed by atoms with Crippen molar-refractivity contribution in [3.63, 3.8) is 0 Å². The first-order valence-electron chi connectivity index (χ1n) is 7.38. The third-order valence-corrected chi connectivity index (χ3v) is 3.76. The van der Waals surface area contributed by atoms with Crippen LogP contribution in [0.3, 0.4) is 0 Å². The molecule has 0 heterocycles. The standard InChI is InChI=1S/C15H28O2/c1-3-4-5-6-8-13(2)17-12-11-14-9-7-10-15(14)16/h13-14H,3-12H2,1-2H3. The molecule has 2 atom stereocenters. The second kappa shape index (κ2) is 8.68. The Kier molecular flexibility index (Phi) is 7.50. The van der Waals surface area contributed by atoms with Gasteiger partial charge < -0.3 is 4.74 Å². The highest BCUT2D eigenvalue weighted by atomic mass is 16.5. The summed E-state index contributed by atoms with van der Waals surface area (Å²) in [7, 11) is 0. The number of ketones is 1. The van der Waals surface area contributed by atoms with Crippen LogP contribution in [0.25, 0.3) is 0 Å². The van der Waals surface area contributed by atoms with Gasteiger partial charge in [-0.25, -0.2) is 0 Å². The van der Waals surface area contributed by atoms with Crippen LogP contribution in [0.5, 0.6) is 0 Å². The fraction of sp³-hybridized carbons (Fsp3) is 0.933. The number of carbonyl (C=O) groups excluding carboxylic acids is 1. The molecule has 1 aliphatic carbocycles. The zero-order chi connectivity index (χ0) is 12.5. The molecule has 2 unspecified atom stereocenters. The normalized spacial score (nSPS) is 22.0. The van der Waals surface area contributed by atoms with E-state index in [4.69, 9.17) is 4.74 Å². The van der Waals surface area contributed by atoms with Crippen LogP contribution in [0.15, 0.2) is 0 Å². The van der Waals surface area contributed by atoms with Crippen LogP contribution in [0.1, 0.15) is 71.6 Å². The molecule has 2 heteroatoms. The molecule has 2 nitrogen and oxygen atoms in total. The van der Waals surface area contributed by atoms with Gasteiger partial charge in [0, 0.05) is 18.9 Å². The molecule has 0 amide bonds. The molecular formula is C15H28O2. The Hall–Kier alpha value is -0.370. The van der Waals surface area contributed by atoms with Gasteiger partial charge in [-0.05, 0) is 32.6 Å². The zero-order valence-corrected chi connectivity index (χ0v) is 11.5. The average molecular weight is 240 g/mol. The summed E-state index contributed by atoms with van der Waals surface area (Å²) in [6, 6.07) is 0. The maximum atomic E-state index is 11.4. The maximum Gasteiger partial charge on any atom is 0.136 e. The van der Waals surface area contributed by atoms with Gasteiger partial charge in [-0.15, -0.1) is 0 Å². The van der Waals surface area contributed by atoms with Gasteiger partial charge in [-0.2, -0.15) is 0 Å². The zero-order valence-electron chi connectivity index (χ0n) is 11.5. The molecule has 0 saturated heterocycles. The molecule has 0 radical (unpaired) electrons. The first-order chi connectivity index (χ1) is 8.24. The lowest BCUT2D eigenvalue weighted by Crippen LogP contribution is -2.14. The minimum absolute atomic E-state index is 0.308. The van der Waals surface area contributed by atoms with Crippen LogP contribution in [-0.2, 0) is 9.53 Å². The number of rotatable bonds is 9. The second-order valence-electron chi connectivity index (χ2n) is 5.37. The molecule has 0 spiro atoms. The van der Waals surface area contributed by atoms with Gasteiger partial charge >= 0.3 is 0 Å². The van der Waals surface area contributed by atoms with E-state index in [1.807, 2.05) is 0 Å². The molecule has 1 rings (SSSR count). The highest BCUT2D eigenvalue weighted by Gasteiger charge is 2.23. The summed E-state index contributed by atoms with van der Waals surface area (Å²) >= 11 is 0. The molecule has 0 N–H and O–H groups in total. The van der Waals surface area contributed by atoms with Gasteiger partial charge in [-0.1, -0.05) is 32.6 Å². The number of hydrogen-bond acceptors (Lipinski definition) is 2. The number of Topliss-reactive ketones (excluding diaryl/α,β-unsaturated/α-hetero) is 1. The Morgan fingerprint density at radius 2 is 2.18 bits per heavy atom. The van der Waals surface area contributed by atoms with E-state index in [1.165, 1.54) is 32.1 Å². The first-order valence-corrected chi connectivity index (χ1v) is 7.38. The molecular weight excluding hydrogens is 212 g/mol. The van der Waals surface area contributed by atoms with Gasteiger partial charge in [0.15, 0.2) is 0 Å². The van der Waals surface area contributed by atoms with E-state index in [-0.39, 0.29) is 0 Å². The van der Waals surface area contributed by atoms with E-state index in [1.54, 1.807) is 0 Å². The molecule has 0 aliphatic heterocycles. The van der Waals surface area contributed by atoms with Crippen LogP contribution >= 0.6 is 0 Å². The van der Waals surface area contributed by atoms with E-state index in [9.17, 15) is 4.79 Å². The van der Waals surface area contributed by atoms with Gasteiger partial charge in [0.2, 0.25) is 0 Å². The lowest BCUT2D eigenvalue weighted by atomic mass is 10.0. The lowest BCUT2D eigenvalue weighted by Gasteiger charge is -2.14. The minimum Gasteiger partial charge on any atom is -0.378 e. The lowest BCUT2D eigenvalue weighted by molar-refractivity contribution is -0.121. The maximum absolute atomic E-state index is 11.4. The van der Waals surface area contributed by atoms with E-state index in [2.05, 4.69) is 13.8 Å². The summed E-state index contributed by atoms with van der Waals surface area (Å²) in [4.78, 5) is 11.4. The van der Waals surface area contributed by atoms with Crippen molar-refractivity contribution in [2.75, 3.05) is 6.61 Å². The van der Waals surface area contributed by atoms with Crippen LogP contribution in [0.4, 0.5) is 0 Å². The molecule has 0 aromatic heterocycles. The van der Waals surface area contributed by atoms with Crippen LogP contribution < -0.4 is 0 Å². The van der Waals surface area contributed by atoms with Crippen molar-refractivity contribution in [1.82, 2.24) is 0 Å². The van der Waals surface area contributed by atoms with Gasteiger partial charge in [0.25, 0.3) is 0 Å². The molecule has 17 heavy (non-hydrogen) atoms. The highest BCUT2D eigenvalue weighted by molar-refractivity contribution is 5.82. The van der Waals surface area contributed by atoms with Gasteiger partial charge in [-0.3, -0.25) is 4.79 Å². The predicted molar refractivity (Wildman–Crippen MR) is 71.1 cm³/mol.